The van der Waals surface area contributed by atoms with Crippen LogP contribution in [0.4, 0.5) is 27.1 Å². The molecule has 0 aromatic heterocycles. The number of aliphatic hydroxyl groups excluding tert-OH is 3. The number of hydrazine groups is 1. The monoisotopic (exact) mass is 2040 g/mol. The first-order chi connectivity index (χ1) is 58.0. The first-order valence-corrected chi connectivity index (χ1v) is 52.1. The van der Waals surface area contributed by atoms with Crippen molar-refractivity contribution in [2.24, 2.45) is 5.92 Å². The van der Waals surface area contributed by atoms with Crippen molar-refractivity contribution in [3.63, 3.8) is 0 Å². The number of aliphatic carboxylic acids is 1. The molecule has 4 aliphatic heterocycles. The number of nitrogens with one attached hydrogen (secondary N) is 3. The molecule has 1 saturated carbocycles. The number of fused-ring (bicyclic) bond motifs is 4. The van der Waals surface area contributed by atoms with Gasteiger partial charge in [0.05, 0.1) is 39.7 Å². The Balaban J connectivity index is 0.000000421. The molecule has 11 rings (SSSR count). The Kier molecular flexibility index (Phi) is 44.6. The maximum atomic E-state index is 14.6. The van der Waals surface area contributed by atoms with Crippen LogP contribution in [0.15, 0.2) is 189 Å². The predicted molar refractivity (Wildman–Crippen MR) is 502 cm³/mol. The molecule has 0 saturated heterocycles. The third-order valence-corrected chi connectivity index (χ3v) is 27.3. The van der Waals surface area contributed by atoms with Gasteiger partial charge in [-0.3, -0.25) is 24.4 Å². The number of nitrogens with two attached hydrogens (primary N) is 1. The Morgan fingerprint density at radius 3 is 1.50 bits per heavy atom. The molecule has 126 heavy (non-hydrogen) atoms. The summed E-state index contributed by atoms with van der Waals surface area (Å²) in [6.07, 6.45) is 27.8. The van der Waals surface area contributed by atoms with Gasteiger partial charge < -0.3 is 73.1 Å². The van der Waals surface area contributed by atoms with Crippen molar-refractivity contribution in [1.29, 1.82) is 0 Å². The van der Waals surface area contributed by atoms with Gasteiger partial charge in [0.1, 0.15) is 25.4 Å². The smallest absolute Gasteiger partial charge is 0.693 e. The second kappa shape index (κ2) is 50.9. The maximum absolute atomic E-state index is 14.6. The quantitative estimate of drug-likeness (QED) is 0.00547. The van der Waals surface area contributed by atoms with Crippen LogP contribution < -0.4 is 30.9 Å². The Labute approximate surface area is 774 Å². The van der Waals surface area contributed by atoms with Crippen molar-refractivity contribution < 1.29 is 102 Å². The molecule has 4 aromatic rings. The van der Waals surface area contributed by atoms with E-state index in [0.29, 0.717) is 51.6 Å². The van der Waals surface area contributed by atoms with Gasteiger partial charge in [-0.15, -0.1) is 0 Å². The molecule has 4 heterocycles. The van der Waals surface area contributed by atoms with Crippen molar-refractivity contribution in [3.05, 3.63) is 225 Å². The molecule has 0 bridgehead atoms. The maximum Gasteiger partial charge on any atom is -0.693 e. The number of allylic oxidation sites excluding steroid dienone is 16. The minimum absolute atomic E-state index is 0. The molecule has 4 aromatic carbocycles. The van der Waals surface area contributed by atoms with Crippen LogP contribution in [0, 0.1) is 13.3 Å². The van der Waals surface area contributed by atoms with Crippen LogP contribution in [0.25, 0.3) is 6.15 Å². The van der Waals surface area contributed by atoms with Gasteiger partial charge in [-0.2, -0.15) is 9.15 Å². The van der Waals surface area contributed by atoms with Gasteiger partial charge in [-0.1, -0.05) is 162 Å². The Morgan fingerprint density at radius 1 is 0.619 bits per heavy atom. The average molecular weight is 2050 g/mol. The van der Waals surface area contributed by atoms with Crippen LogP contribution in [0.2, 0.25) is 0 Å². The van der Waals surface area contributed by atoms with E-state index in [1.54, 1.807) is 0 Å². The molecule has 0 radical (unpaired) electrons. The molecule has 3 unspecified atom stereocenters. The van der Waals surface area contributed by atoms with Crippen LogP contribution in [0.3, 0.4) is 0 Å². The number of carbonyl (C=O) groups excluding carboxylic acids is 2. The summed E-state index contributed by atoms with van der Waals surface area (Å²) in [5, 5.41) is 43.0. The van der Waals surface area contributed by atoms with Crippen LogP contribution in [0.1, 0.15) is 226 Å². The molecule has 0 spiro atoms. The second-order valence-electron chi connectivity index (χ2n) is 34.4. The summed E-state index contributed by atoms with van der Waals surface area (Å²) in [5.74, 6) is -2.13. The number of rotatable bonds is 38. The molecule has 31 heteroatoms. The number of unbranched alkanes of at least 4 members (excludes halogenated alkanes) is 7. The minimum atomic E-state index is -4.25. The third-order valence-electron chi connectivity index (χ3n) is 24.6. The van der Waals surface area contributed by atoms with Gasteiger partial charge in [-0.25, -0.2) is 18.2 Å². The fourth-order valence-electron chi connectivity index (χ4n) is 17.9. The zero-order valence-corrected chi connectivity index (χ0v) is 80.8. The van der Waals surface area contributed by atoms with E-state index < -0.39 is 70.7 Å². The molecule has 1 fully saturated rings. The Bertz CT molecular complexity index is 4850. The number of carboxylic acids is 1. The normalized spacial score (nSPS) is 21.8. The summed E-state index contributed by atoms with van der Waals surface area (Å²) in [5.41, 5.74) is 23.1. The summed E-state index contributed by atoms with van der Waals surface area (Å²) in [4.78, 5) is 52.0. The summed E-state index contributed by atoms with van der Waals surface area (Å²) in [7, 11) is 2.29. The molecule has 23 nitrogen and oxygen atoms in total. The second-order valence-corrected chi connectivity index (χ2v) is 41.5. The van der Waals surface area contributed by atoms with E-state index in [1.165, 1.54) is 56.4 Å². The van der Waals surface area contributed by atoms with E-state index >= 15 is 0 Å². The van der Waals surface area contributed by atoms with E-state index in [4.69, 9.17) is 47.1 Å². The van der Waals surface area contributed by atoms with Gasteiger partial charge in [0.2, 0.25) is 23.2 Å². The zero-order valence-electron chi connectivity index (χ0n) is 73.8. The number of phosphoric ester groups is 1. The standard InChI is InChI=1S/C49H64ClFN4O6.C44H59ClN3O8PS.CH4.CH3.2ClH.H2N.H2O.Pt/c1-48(2)35-18-9-11-20-38(35)54(28-13-5-7-22-42(57)53-52-37-30-34(31-56)46(60)47(61)45(37)51)40(48)26-24-32-16-15-17-33(44(32)50)25-27-41-49(3,4)36-19-10-12-21-39(36)55(41)29-14-6-8-23-43(58)59;1-43(2)35-19-8-10-21-37(35)47(29-12-6-7-23-41(49)46-28-16-31-56-57(50,51)55-5)39(43)26-24-33-17-15-18-34(42(33)45)25-27-40-44(3,4)36-20-9-11-22-38(36)48(40)30-13-14-32-58(52,53)54;;;;;;;/h9-12,18-21,24-27,34,37,45-47,52,56,60-61H,5-8,13-17,22-23,28-31H2,1-4H3,(H-,53,57,58,59);8-11,19-22,24-27H,6-7,12-18,23,28-32H2,1-5H3,(H2-,46,49,50,51,52,53,54);1H4;1H3;2*1H;2*1H2;/q;;;-1;;;-1;;+4/p-2/t34?,37-,45?,46-,47-;;;;;;;;/m1......../s1/i51-1;;;;;;;;. The number of nitrogens with zero attached hydrogens (tertiary/aromatic N) is 4. The Hall–Kier alpha value is -6.29. The number of halogens is 5. The number of para-hydroxylation sites is 4. The number of carbonyl (C=O) groups is 3. The van der Waals surface area contributed by atoms with Crippen molar-refractivity contribution >= 4 is 112 Å². The van der Waals surface area contributed by atoms with Crippen LogP contribution in [-0.4, -0.2) is 160 Å². The molecule has 11 N–H and O–H groups in total. The SMILES string of the molecule is C.CC1(C)C(=CC=C2CCCC(C=CC3=[N+](CCCCCC(=O)O)c4ccccc4C3(C)C)=C2Cl)N(CCCCCC(=O)NN[C@@H]2CC(CO)[C@@H](O)[C@H](O)C2[18F])c2ccccc21.COP(=O)([O-])OCCCNC(=O)CCCCC[N+]1=C(C=CC2=C(Cl)C(=CC=C3N(CCCCS(=O)(=O)[O-])c4ccccc4C3(C)C)CCC2)C(C)(C)c2ccccc21.O.[CH3-].[Cl][Pt+2][Cl].[NH2-]. The van der Waals surface area contributed by atoms with E-state index in [-0.39, 0.29) is 98.2 Å². The summed E-state index contributed by atoms with van der Waals surface area (Å²) in [6.45, 7) is 20.9. The largest absolute Gasteiger partial charge is 0.693 e. The van der Waals surface area contributed by atoms with Gasteiger partial charge in [0, 0.05) is 156 Å². The van der Waals surface area contributed by atoms with Crippen molar-refractivity contribution in [2.45, 2.75) is 250 Å². The average Bonchev–Trinajstić information content (AvgIpc) is 1.61. The number of benzene rings is 4. The first kappa shape index (κ1) is 110. The molecule has 2 amide bonds. The van der Waals surface area contributed by atoms with Crippen molar-refractivity contribution in [3.8, 4) is 0 Å². The number of hydrogen-bond donors (Lipinski definition) is 7. The molecule has 700 valence electrons. The fraction of sp³-hybridized carbons (Fsp3) is 0.516. The molecule has 3 aliphatic carbocycles. The van der Waals surface area contributed by atoms with Crippen LogP contribution in [0.5, 0.6) is 0 Å². The molecule has 6 atom stereocenters. The summed E-state index contributed by atoms with van der Waals surface area (Å²) < 4.78 is 73.4. The number of amides is 2. The van der Waals surface area contributed by atoms with Gasteiger partial charge in [-0.05, 0) is 188 Å². The third kappa shape index (κ3) is 28.6. The number of alkyl halides is 1. The number of hydrogen-bond acceptors (Lipinski definition) is 16. The first-order valence-electron chi connectivity index (χ1n) is 42.7. The number of anilines is 2. The van der Waals surface area contributed by atoms with Crippen molar-refractivity contribution in [1.82, 2.24) is 16.2 Å². The Morgan fingerprint density at radius 2 is 1.05 bits per heavy atom. The minimum Gasteiger partial charge on any atom is -0.693 e. The number of carboxylic acid groups (broad SMARTS) is 1. The summed E-state index contributed by atoms with van der Waals surface area (Å²) >= 11 is 14.0. The van der Waals surface area contributed by atoms with Gasteiger partial charge in [0.25, 0.3) is 7.82 Å². The topological polar surface area (TPSA) is 362 Å². The van der Waals surface area contributed by atoms with E-state index in [2.05, 4.69) is 233 Å². The predicted octanol–water partition coefficient (Wildman–Crippen LogP) is 19.0. The van der Waals surface area contributed by atoms with Crippen LogP contribution in [-0.2, 0) is 76.3 Å². The zero-order chi connectivity index (χ0) is 88.7. The van der Waals surface area contributed by atoms with Gasteiger partial charge >= 0.3 is 41.3 Å². The van der Waals surface area contributed by atoms with Crippen LogP contribution >= 0.6 is 49.9 Å². The van der Waals surface area contributed by atoms with Gasteiger partial charge in [0.15, 0.2) is 11.4 Å². The van der Waals surface area contributed by atoms with E-state index in [0.717, 1.165) is 154 Å². The molecular weight excluding hydrogens is 1910 g/mol. The number of aliphatic hydroxyl groups is 3. The fourth-order valence-corrected chi connectivity index (χ4v) is 19.5. The van der Waals surface area contributed by atoms with E-state index in [1.807, 2.05) is 12.1 Å². The molecular formula is C95H134Cl4FN8O15PPtS. The summed E-state index contributed by atoms with van der Waals surface area (Å²) in [6, 6.07) is 33.0. The van der Waals surface area contributed by atoms with Crippen molar-refractivity contribution in [2.75, 3.05) is 68.6 Å². The van der Waals surface area contributed by atoms with E-state index in [9.17, 15) is 56.5 Å². The number of phosphoric acid groups is 1. The molecule has 7 aliphatic rings.